The summed E-state index contributed by atoms with van der Waals surface area (Å²) in [5.41, 5.74) is 0.870. The molecule has 0 saturated carbocycles. The van der Waals surface area contributed by atoms with Crippen LogP contribution in [0, 0.1) is 0 Å². The predicted octanol–water partition coefficient (Wildman–Crippen LogP) is 3.78. The third-order valence-corrected chi connectivity index (χ3v) is 4.96. The number of nitrogens with zero attached hydrogens (tertiary/aromatic N) is 1. The van der Waals surface area contributed by atoms with Gasteiger partial charge in [-0.05, 0) is 42.5 Å². The van der Waals surface area contributed by atoms with E-state index in [0.29, 0.717) is 15.7 Å². The summed E-state index contributed by atoms with van der Waals surface area (Å²) in [4.78, 5) is 12.8. The zero-order valence-corrected chi connectivity index (χ0v) is 14.7. The molecule has 0 heterocycles. The lowest BCUT2D eigenvalue weighted by molar-refractivity contribution is -0.116. The summed E-state index contributed by atoms with van der Waals surface area (Å²) in [7, 11) is -2.17. The van der Waals surface area contributed by atoms with Crippen molar-refractivity contribution in [2.75, 3.05) is 16.7 Å². The van der Waals surface area contributed by atoms with Gasteiger partial charge in [0, 0.05) is 29.7 Å². The van der Waals surface area contributed by atoms with Gasteiger partial charge in [-0.3, -0.25) is 9.52 Å². The molecular weight excluding hydrogens is 359 g/mol. The molecule has 0 unspecified atom stereocenters. The van der Waals surface area contributed by atoms with Crippen LogP contribution in [0.4, 0.5) is 11.4 Å². The number of benzene rings is 2. The lowest BCUT2D eigenvalue weighted by atomic mass is 10.3. The second-order valence-corrected chi connectivity index (χ2v) is 7.39. The van der Waals surface area contributed by atoms with Gasteiger partial charge in [0.1, 0.15) is 0 Å². The third kappa shape index (κ3) is 4.37. The highest BCUT2D eigenvalue weighted by Crippen LogP contribution is 2.25. The Kier molecular flexibility index (Phi) is 5.19. The Morgan fingerprint density at radius 2 is 1.57 bits per heavy atom. The van der Waals surface area contributed by atoms with E-state index in [0.717, 1.165) is 0 Å². The summed E-state index contributed by atoms with van der Waals surface area (Å²) in [5.74, 6) is -0.146. The maximum atomic E-state index is 12.4. The smallest absolute Gasteiger partial charge is 0.261 e. The molecule has 0 radical (unpaired) electrons. The molecular formula is C15H14Cl2N2O3S. The van der Waals surface area contributed by atoms with Crippen LogP contribution >= 0.6 is 23.2 Å². The van der Waals surface area contributed by atoms with Gasteiger partial charge < -0.3 is 4.90 Å². The van der Waals surface area contributed by atoms with E-state index < -0.39 is 10.0 Å². The van der Waals surface area contributed by atoms with Crippen molar-refractivity contribution < 1.29 is 13.2 Å². The van der Waals surface area contributed by atoms with Crippen LogP contribution in [-0.4, -0.2) is 21.4 Å². The zero-order valence-electron chi connectivity index (χ0n) is 12.4. The van der Waals surface area contributed by atoms with Gasteiger partial charge in [-0.2, -0.15) is 0 Å². The van der Waals surface area contributed by atoms with Gasteiger partial charge in [0.15, 0.2) is 0 Å². The maximum absolute atomic E-state index is 12.4. The number of nitrogens with one attached hydrogen (secondary N) is 1. The van der Waals surface area contributed by atoms with Crippen molar-refractivity contribution in [2.45, 2.75) is 11.8 Å². The van der Waals surface area contributed by atoms with E-state index in [9.17, 15) is 13.2 Å². The number of sulfonamides is 1. The van der Waals surface area contributed by atoms with Crippen LogP contribution in [0.15, 0.2) is 47.4 Å². The van der Waals surface area contributed by atoms with Gasteiger partial charge in [0.05, 0.1) is 10.6 Å². The standard InChI is InChI=1S/C15H14Cl2N2O3S/c1-10(20)19(2)14-3-5-15(6-4-14)23(21,22)18-13-8-11(16)7-12(17)9-13/h3-9,18H,1-2H3. The van der Waals surface area contributed by atoms with Crippen LogP contribution < -0.4 is 9.62 Å². The van der Waals surface area contributed by atoms with Gasteiger partial charge >= 0.3 is 0 Å². The van der Waals surface area contributed by atoms with Crippen molar-refractivity contribution >= 4 is 50.5 Å². The van der Waals surface area contributed by atoms with Crippen LogP contribution in [0.5, 0.6) is 0 Å². The largest absolute Gasteiger partial charge is 0.316 e. The van der Waals surface area contributed by atoms with Crippen LogP contribution in [-0.2, 0) is 14.8 Å². The fourth-order valence-corrected chi connectivity index (χ4v) is 3.42. The molecule has 2 aromatic rings. The van der Waals surface area contributed by atoms with Crippen LogP contribution in [0.25, 0.3) is 0 Å². The first-order valence-electron chi connectivity index (χ1n) is 6.52. The number of carbonyl (C=O) groups excluding carboxylic acids is 1. The van der Waals surface area contributed by atoms with Gasteiger partial charge in [-0.1, -0.05) is 23.2 Å². The predicted molar refractivity (Wildman–Crippen MR) is 92.8 cm³/mol. The second-order valence-electron chi connectivity index (χ2n) is 4.84. The molecule has 0 aliphatic carbocycles. The number of rotatable bonds is 4. The quantitative estimate of drug-likeness (QED) is 0.887. The Bertz CT molecular complexity index is 816. The van der Waals surface area contributed by atoms with Crippen molar-refractivity contribution in [3.63, 3.8) is 0 Å². The summed E-state index contributed by atoms with van der Waals surface area (Å²) in [6, 6.07) is 10.4. The topological polar surface area (TPSA) is 66.5 Å². The fourth-order valence-electron chi connectivity index (χ4n) is 1.86. The Morgan fingerprint density at radius 3 is 2.04 bits per heavy atom. The zero-order chi connectivity index (χ0) is 17.2. The highest BCUT2D eigenvalue weighted by Gasteiger charge is 2.15. The lowest BCUT2D eigenvalue weighted by Gasteiger charge is -2.15. The fraction of sp³-hybridized carbons (Fsp3) is 0.133. The third-order valence-electron chi connectivity index (χ3n) is 3.12. The van der Waals surface area contributed by atoms with E-state index in [1.807, 2.05) is 0 Å². The molecule has 8 heteroatoms. The average Bonchev–Trinajstić information content (AvgIpc) is 2.45. The highest BCUT2D eigenvalue weighted by atomic mass is 35.5. The molecule has 23 heavy (non-hydrogen) atoms. The molecule has 0 aliphatic heterocycles. The molecule has 5 nitrogen and oxygen atoms in total. The Balaban J connectivity index is 2.27. The normalized spacial score (nSPS) is 11.1. The number of hydrogen-bond donors (Lipinski definition) is 1. The van der Waals surface area contributed by atoms with Crippen molar-refractivity contribution in [3.05, 3.63) is 52.5 Å². The molecule has 0 saturated heterocycles. The molecule has 1 N–H and O–H groups in total. The van der Waals surface area contributed by atoms with Gasteiger partial charge in [0.2, 0.25) is 5.91 Å². The Morgan fingerprint density at radius 1 is 1.04 bits per heavy atom. The van der Waals surface area contributed by atoms with Crippen LogP contribution in [0.2, 0.25) is 10.0 Å². The van der Waals surface area contributed by atoms with Gasteiger partial charge in [-0.15, -0.1) is 0 Å². The Labute approximate surface area is 144 Å². The molecule has 0 aliphatic rings. The Hall–Kier alpha value is -1.76. The maximum Gasteiger partial charge on any atom is 0.261 e. The van der Waals surface area contributed by atoms with E-state index in [2.05, 4.69) is 4.72 Å². The van der Waals surface area contributed by atoms with Crippen LogP contribution in [0.1, 0.15) is 6.92 Å². The van der Waals surface area contributed by atoms with Gasteiger partial charge in [-0.25, -0.2) is 8.42 Å². The lowest BCUT2D eigenvalue weighted by Crippen LogP contribution is -2.22. The van der Waals surface area contributed by atoms with E-state index in [-0.39, 0.29) is 16.5 Å². The molecule has 0 aromatic heterocycles. The number of hydrogen-bond acceptors (Lipinski definition) is 3. The molecule has 2 aromatic carbocycles. The summed E-state index contributed by atoms with van der Waals surface area (Å²) < 4.78 is 27.1. The monoisotopic (exact) mass is 372 g/mol. The molecule has 1 amide bonds. The van der Waals surface area contributed by atoms with E-state index in [4.69, 9.17) is 23.2 Å². The summed E-state index contributed by atoms with van der Waals surface area (Å²) >= 11 is 11.7. The molecule has 2 rings (SSSR count). The average molecular weight is 373 g/mol. The van der Waals surface area contributed by atoms with E-state index in [1.165, 1.54) is 42.2 Å². The minimum absolute atomic E-state index is 0.0642. The number of carbonyl (C=O) groups is 1. The first kappa shape index (κ1) is 17.6. The minimum atomic E-state index is -3.78. The first-order chi connectivity index (χ1) is 10.7. The summed E-state index contributed by atoms with van der Waals surface area (Å²) in [6.07, 6.45) is 0. The second kappa shape index (κ2) is 6.78. The molecule has 0 fully saturated rings. The number of amides is 1. The van der Waals surface area contributed by atoms with Crippen molar-refractivity contribution in [1.29, 1.82) is 0 Å². The van der Waals surface area contributed by atoms with Crippen molar-refractivity contribution in [1.82, 2.24) is 0 Å². The minimum Gasteiger partial charge on any atom is -0.316 e. The molecule has 0 bridgehead atoms. The molecule has 0 spiro atoms. The first-order valence-corrected chi connectivity index (χ1v) is 8.76. The summed E-state index contributed by atoms with van der Waals surface area (Å²) in [6.45, 7) is 1.43. The highest BCUT2D eigenvalue weighted by molar-refractivity contribution is 7.92. The van der Waals surface area contributed by atoms with E-state index >= 15 is 0 Å². The molecule has 0 atom stereocenters. The van der Waals surface area contributed by atoms with Gasteiger partial charge in [0.25, 0.3) is 10.0 Å². The van der Waals surface area contributed by atoms with E-state index in [1.54, 1.807) is 19.2 Å². The number of halogens is 2. The molecule has 122 valence electrons. The van der Waals surface area contributed by atoms with Crippen molar-refractivity contribution in [2.24, 2.45) is 0 Å². The van der Waals surface area contributed by atoms with Crippen LogP contribution in [0.3, 0.4) is 0 Å². The van der Waals surface area contributed by atoms with Crippen molar-refractivity contribution in [3.8, 4) is 0 Å². The SMILES string of the molecule is CC(=O)N(C)c1ccc(S(=O)(=O)Nc2cc(Cl)cc(Cl)c2)cc1. The summed E-state index contributed by atoms with van der Waals surface area (Å²) in [5, 5.41) is 0.655. The number of anilines is 2.